The standard InChI is InChI=1S/C18H27NO2/c1-6-13(4)14-8-7-9-15-16(11-20-5)17(21-18(14)15)10-19-12(2)3/h7-9,12-13,19H,6,10-11H2,1-5H3. The summed E-state index contributed by atoms with van der Waals surface area (Å²) in [6, 6.07) is 6.87. The Morgan fingerprint density at radius 3 is 2.62 bits per heavy atom. The quantitative estimate of drug-likeness (QED) is 0.809. The van der Waals surface area contributed by atoms with E-state index in [1.54, 1.807) is 7.11 Å². The van der Waals surface area contributed by atoms with Crippen molar-refractivity contribution < 1.29 is 9.15 Å². The van der Waals surface area contributed by atoms with E-state index in [0.717, 1.165) is 24.3 Å². The fraction of sp³-hybridized carbons (Fsp3) is 0.556. The molecule has 1 aromatic heterocycles. The smallest absolute Gasteiger partial charge is 0.138 e. The summed E-state index contributed by atoms with van der Waals surface area (Å²) < 4.78 is 11.6. The summed E-state index contributed by atoms with van der Waals surface area (Å²) in [5, 5.41) is 4.62. The number of hydrogen-bond acceptors (Lipinski definition) is 3. The molecule has 2 rings (SSSR count). The van der Waals surface area contributed by atoms with E-state index in [1.165, 1.54) is 16.5 Å². The molecule has 1 atom stereocenters. The topological polar surface area (TPSA) is 34.4 Å². The number of rotatable bonds is 7. The monoisotopic (exact) mass is 289 g/mol. The first-order valence-corrected chi connectivity index (χ1v) is 7.83. The van der Waals surface area contributed by atoms with E-state index in [4.69, 9.17) is 9.15 Å². The molecule has 0 amide bonds. The Morgan fingerprint density at radius 1 is 1.24 bits per heavy atom. The average Bonchev–Trinajstić information content (AvgIpc) is 2.83. The summed E-state index contributed by atoms with van der Waals surface area (Å²) in [5.41, 5.74) is 3.49. The maximum absolute atomic E-state index is 6.21. The molecule has 0 radical (unpaired) electrons. The van der Waals surface area contributed by atoms with Gasteiger partial charge in [0.25, 0.3) is 0 Å². The molecule has 21 heavy (non-hydrogen) atoms. The first kappa shape index (κ1) is 16.1. The van der Waals surface area contributed by atoms with E-state index in [0.29, 0.717) is 18.6 Å². The van der Waals surface area contributed by atoms with Crippen molar-refractivity contribution in [2.75, 3.05) is 7.11 Å². The van der Waals surface area contributed by atoms with Crippen LogP contribution in [-0.4, -0.2) is 13.2 Å². The number of nitrogens with one attached hydrogen (secondary N) is 1. The molecule has 1 N–H and O–H groups in total. The summed E-state index contributed by atoms with van der Waals surface area (Å²) in [6.45, 7) is 10.1. The number of fused-ring (bicyclic) bond motifs is 1. The third kappa shape index (κ3) is 3.47. The number of ether oxygens (including phenoxy) is 1. The molecule has 3 nitrogen and oxygen atoms in total. The summed E-state index contributed by atoms with van der Waals surface area (Å²) in [7, 11) is 1.73. The summed E-state index contributed by atoms with van der Waals surface area (Å²) in [5.74, 6) is 1.50. The zero-order chi connectivity index (χ0) is 15.4. The van der Waals surface area contributed by atoms with Crippen molar-refractivity contribution in [1.29, 1.82) is 0 Å². The van der Waals surface area contributed by atoms with Gasteiger partial charge in [-0.3, -0.25) is 0 Å². The van der Waals surface area contributed by atoms with Crippen molar-refractivity contribution >= 4 is 11.0 Å². The van der Waals surface area contributed by atoms with Gasteiger partial charge in [0, 0.05) is 24.1 Å². The Labute approximate surface area is 127 Å². The molecule has 0 saturated carbocycles. The lowest BCUT2D eigenvalue weighted by Crippen LogP contribution is -2.22. The molecular weight excluding hydrogens is 262 g/mol. The number of furan rings is 1. The Morgan fingerprint density at radius 2 is 2.00 bits per heavy atom. The highest BCUT2D eigenvalue weighted by Gasteiger charge is 2.18. The fourth-order valence-electron chi connectivity index (χ4n) is 2.59. The van der Waals surface area contributed by atoms with Crippen LogP contribution in [-0.2, 0) is 17.9 Å². The molecule has 0 fully saturated rings. The van der Waals surface area contributed by atoms with Crippen molar-refractivity contribution in [3.8, 4) is 0 Å². The predicted octanol–water partition coefficient (Wildman–Crippen LogP) is 4.59. The molecule has 116 valence electrons. The van der Waals surface area contributed by atoms with Crippen LogP contribution in [0.5, 0.6) is 0 Å². The zero-order valence-electron chi connectivity index (χ0n) is 13.8. The Kier molecular flexibility index (Phi) is 5.43. The largest absolute Gasteiger partial charge is 0.459 e. The number of methoxy groups -OCH3 is 1. The van der Waals surface area contributed by atoms with Gasteiger partial charge < -0.3 is 14.5 Å². The molecule has 1 aromatic carbocycles. The number of para-hydroxylation sites is 1. The molecule has 0 aliphatic carbocycles. The van der Waals surface area contributed by atoms with Crippen molar-refractivity contribution in [3.05, 3.63) is 35.1 Å². The van der Waals surface area contributed by atoms with E-state index in [9.17, 15) is 0 Å². The second-order valence-electron chi connectivity index (χ2n) is 6.01. The third-order valence-corrected chi connectivity index (χ3v) is 4.04. The Balaban J connectivity index is 2.50. The number of hydrogen-bond donors (Lipinski definition) is 1. The minimum Gasteiger partial charge on any atom is -0.459 e. The normalized spacial score (nSPS) is 13.2. The maximum Gasteiger partial charge on any atom is 0.138 e. The summed E-state index contributed by atoms with van der Waals surface area (Å²) in [6.07, 6.45) is 1.11. The highest BCUT2D eigenvalue weighted by molar-refractivity contribution is 5.85. The van der Waals surface area contributed by atoms with Crippen LogP contribution in [0.1, 0.15) is 56.9 Å². The van der Waals surface area contributed by atoms with Gasteiger partial charge in [-0.15, -0.1) is 0 Å². The van der Waals surface area contributed by atoms with E-state index in [-0.39, 0.29) is 0 Å². The van der Waals surface area contributed by atoms with Crippen LogP contribution in [0, 0.1) is 0 Å². The van der Waals surface area contributed by atoms with Crippen molar-refractivity contribution in [2.24, 2.45) is 0 Å². The fourth-order valence-corrected chi connectivity index (χ4v) is 2.59. The molecular formula is C18H27NO2. The van der Waals surface area contributed by atoms with Gasteiger partial charge in [-0.25, -0.2) is 0 Å². The minimum absolute atomic E-state index is 0.433. The summed E-state index contributed by atoms with van der Waals surface area (Å²) >= 11 is 0. The predicted molar refractivity (Wildman–Crippen MR) is 87.6 cm³/mol. The molecule has 0 bridgehead atoms. The van der Waals surface area contributed by atoms with Gasteiger partial charge >= 0.3 is 0 Å². The number of benzene rings is 1. The van der Waals surface area contributed by atoms with Gasteiger partial charge in [-0.1, -0.05) is 45.9 Å². The van der Waals surface area contributed by atoms with Gasteiger partial charge in [0.1, 0.15) is 11.3 Å². The van der Waals surface area contributed by atoms with E-state index in [1.807, 2.05) is 0 Å². The lowest BCUT2D eigenvalue weighted by Gasteiger charge is -2.09. The molecule has 3 heteroatoms. The lowest BCUT2D eigenvalue weighted by molar-refractivity contribution is 0.183. The van der Waals surface area contributed by atoms with Crippen molar-refractivity contribution in [3.63, 3.8) is 0 Å². The summed E-state index contributed by atoms with van der Waals surface area (Å²) in [4.78, 5) is 0. The third-order valence-electron chi connectivity index (χ3n) is 4.04. The van der Waals surface area contributed by atoms with Crippen LogP contribution in [0.3, 0.4) is 0 Å². The molecule has 2 aromatic rings. The van der Waals surface area contributed by atoms with E-state index < -0.39 is 0 Å². The van der Waals surface area contributed by atoms with E-state index >= 15 is 0 Å². The highest BCUT2D eigenvalue weighted by atomic mass is 16.5. The molecule has 0 spiro atoms. The van der Waals surface area contributed by atoms with Crippen LogP contribution >= 0.6 is 0 Å². The van der Waals surface area contributed by atoms with Gasteiger partial charge in [0.2, 0.25) is 0 Å². The van der Waals surface area contributed by atoms with Crippen molar-refractivity contribution in [1.82, 2.24) is 5.32 Å². The van der Waals surface area contributed by atoms with Gasteiger partial charge in [0.15, 0.2) is 0 Å². The van der Waals surface area contributed by atoms with Crippen LogP contribution in [0.15, 0.2) is 22.6 Å². The molecule has 0 saturated heterocycles. The second kappa shape index (κ2) is 7.10. The van der Waals surface area contributed by atoms with E-state index in [2.05, 4.69) is 51.2 Å². The minimum atomic E-state index is 0.433. The molecule has 1 unspecified atom stereocenters. The first-order chi connectivity index (χ1) is 10.1. The van der Waals surface area contributed by atoms with Crippen LogP contribution in [0.2, 0.25) is 0 Å². The first-order valence-electron chi connectivity index (χ1n) is 7.83. The van der Waals surface area contributed by atoms with Gasteiger partial charge in [-0.05, 0) is 17.9 Å². The highest BCUT2D eigenvalue weighted by Crippen LogP contribution is 2.33. The Hall–Kier alpha value is -1.32. The van der Waals surface area contributed by atoms with Crippen LogP contribution in [0.4, 0.5) is 0 Å². The molecule has 0 aliphatic rings. The Bertz CT molecular complexity index is 586. The lowest BCUT2D eigenvalue weighted by atomic mass is 9.96. The van der Waals surface area contributed by atoms with Gasteiger partial charge in [0.05, 0.1) is 13.2 Å². The SMILES string of the molecule is CCC(C)c1cccc2c(COC)c(CNC(C)C)oc12. The van der Waals surface area contributed by atoms with Crippen LogP contribution in [0.25, 0.3) is 11.0 Å². The maximum atomic E-state index is 6.21. The van der Waals surface area contributed by atoms with Gasteiger partial charge in [-0.2, -0.15) is 0 Å². The second-order valence-corrected chi connectivity index (χ2v) is 6.01. The van der Waals surface area contributed by atoms with Crippen LogP contribution < -0.4 is 5.32 Å². The molecule has 0 aliphatic heterocycles. The average molecular weight is 289 g/mol. The van der Waals surface area contributed by atoms with Crippen molar-refractivity contribution in [2.45, 2.75) is 59.2 Å². The zero-order valence-corrected chi connectivity index (χ0v) is 13.8. The molecule has 1 heterocycles.